The Labute approximate surface area is 212 Å². The van der Waals surface area contributed by atoms with E-state index in [0.717, 1.165) is 50.8 Å². The molecule has 12 heteroatoms. The molecule has 8 nitrogen and oxygen atoms in total. The van der Waals surface area contributed by atoms with Gasteiger partial charge in [-0.25, -0.2) is 0 Å². The number of carbonyl (C=O) groups is 1. The zero-order chi connectivity index (χ0) is 24.6. The van der Waals surface area contributed by atoms with Crippen LogP contribution in [0.1, 0.15) is 47.4 Å². The molecule has 0 radical (unpaired) electrons. The van der Waals surface area contributed by atoms with Crippen molar-refractivity contribution >= 4 is 24.0 Å². The van der Waals surface area contributed by atoms with E-state index < -0.39 is 17.6 Å². The summed E-state index contributed by atoms with van der Waals surface area (Å²) in [4.78, 5) is 22.9. The number of nitrogens with zero attached hydrogens (tertiary/aromatic N) is 4. The van der Waals surface area contributed by atoms with Crippen LogP contribution in [-0.4, -0.2) is 47.2 Å². The molecule has 0 bridgehead atoms. The van der Waals surface area contributed by atoms with Crippen molar-refractivity contribution in [1.82, 2.24) is 25.8 Å². The first-order valence-electron chi connectivity index (χ1n) is 11.5. The fraction of sp³-hybridized carbons (Fsp3) is 0.417. The molecule has 0 atom stereocenters. The number of halogens is 4. The molecule has 36 heavy (non-hydrogen) atoms. The molecule has 3 heterocycles. The molecule has 1 aliphatic carbocycles. The second-order valence-electron chi connectivity index (χ2n) is 9.17. The minimum Gasteiger partial charge on any atom is -0.367 e. The molecule has 1 aliphatic heterocycles. The Kier molecular flexibility index (Phi) is 7.24. The largest absolute Gasteiger partial charge is 0.416 e. The van der Waals surface area contributed by atoms with E-state index in [9.17, 15) is 18.0 Å². The normalized spacial score (nSPS) is 16.8. The Bertz CT molecular complexity index is 1240. The number of anilines is 1. The van der Waals surface area contributed by atoms with Crippen molar-refractivity contribution in [2.24, 2.45) is 0 Å². The van der Waals surface area contributed by atoms with Gasteiger partial charge in [0.15, 0.2) is 0 Å². The SMILES string of the molecule is CC1(c2nc(C(=O)NCc3ccc(-c4ccncc4N4CCNCC4)cc3C(F)(F)F)no2)CC1.Cl. The van der Waals surface area contributed by atoms with E-state index in [1.54, 1.807) is 24.5 Å². The average molecular weight is 523 g/mol. The van der Waals surface area contributed by atoms with E-state index in [4.69, 9.17) is 4.52 Å². The third-order valence-electron chi connectivity index (χ3n) is 6.57. The van der Waals surface area contributed by atoms with Gasteiger partial charge in [-0.2, -0.15) is 18.2 Å². The van der Waals surface area contributed by atoms with Gasteiger partial charge in [0.1, 0.15) is 0 Å². The minimum absolute atomic E-state index is 0. The molecule has 5 rings (SSSR count). The lowest BCUT2D eigenvalue weighted by Crippen LogP contribution is -2.43. The van der Waals surface area contributed by atoms with Gasteiger partial charge < -0.3 is 20.1 Å². The summed E-state index contributed by atoms with van der Waals surface area (Å²) in [6.07, 6.45) is 0.446. The van der Waals surface area contributed by atoms with Crippen LogP contribution in [-0.2, 0) is 18.1 Å². The summed E-state index contributed by atoms with van der Waals surface area (Å²) in [5, 5.41) is 9.43. The zero-order valence-corrected chi connectivity index (χ0v) is 20.4. The predicted molar refractivity (Wildman–Crippen MR) is 129 cm³/mol. The molecule has 1 aromatic carbocycles. The van der Waals surface area contributed by atoms with Crippen molar-refractivity contribution in [3.63, 3.8) is 0 Å². The molecule has 2 N–H and O–H groups in total. The van der Waals surface area contributed by atoms with Crippen LogP contribution in [0.4, 0.5) is 18.9 Å². The summed E-state index contributed by atoms with van der Waals surface area (Å²) in [7, 11) is 0. The van der Waals surface area contributed by atoms with Crippen LogP contribution in [0.15, 0.2) is 41.2 Å². The Balaban J connectivity index is 0.00000304. The molecule has 1 saturated carbocycles. The topological polar surface area (TPSA) is 96.2 Å². The van der Waals surface area contributed by atoms with Crippen molar-refractivity contribution in [1.29, 1.82) is 0 Å². The summed E-state index contributed by atoms with van der Waals surface area (Å²) >= 11 is 0. The number of hydrogen-bond acceptors (Lipinski definition) is 7. The first-order valence-corrected chi connectivity index (χ1v) is 11.5. The number of alkyl halides is 3. The summed E-state index contributed by atoms with van der Waals surface area (Å²) < 4.78 is 47.2. The highest BCUT2D eigenvalue weighted by atomic mass is 35.5. The average Bonchev–Trinajstić information content (AvgIpc) is 3.40. The first kappa shape index (κ1) is 25.9. The maximum Gasteiger partial charge on any atom is 0.416 e. The van der Waals surface area contributed by atoms with Gasteiger partial charge in [-0.3, -0.25) is 9.78 Å². The lowest BCUT2D eigenvalue weighted by atomic mass is 9.97. The van der Waals surface area contributed by atoms with Gasteiger partial charge in [0.2, 0.25) is 5.89 Å². The number of piperazine rings is 1. The molecule has 2 aliphatic rings. The number of amides is 1. The second kappa shape index (κ2) is 10.1. The van der Waals surface area contributed by atoms with E-state index in [1.807, 2.05) is 6.92 Å². The Morgan fingerprint density at radius 2 is 1.97 bits per heavy atom. The number of pyridine rings is 1. The quantitative estimate of drug-likeness (QED) is 0.506. The molecule has 2 aromatic heterocycles. The Hall–Kier alpha value is -3.18. The van der Waals surface area contributed by atoms with Gasteiger partial charge in [0, 0.05) is 49.9 Å². The van der Waals surface area contributed by atoms with Crippen LogP contribution < -0.4 is 15.5 Å². The minimum atomic E-state index is -4.60. The van der Waals surface area contributed by atoms with E-state index in [0.29, 0.717) is 17.0 Å². The molecule has 3 aromatic rings. The monoisotopic (exact) mass is 522 g/mol. The number of aromatic nitrogens is 3. The highest BCUT2D eigenvalue weighted by Crippen LogP contribution is 2.46. The third kappa shape index (κ3) is 5.31. The highest BCUT2D eigenvalue weighted by Gasteiger charge is 2.45. The number of nitrogens with one attached hydrogen (secondary N) is 2. The van der Waals surface area contributed by atoms with Crippen molar-refractivity contribution in [2.75, 3.05) is 31.1 Å². The number of carbonyl (C=O) groups excluding carboxylic acids is 1. The van der Waals surface area contributed by atoms with Crippen LogP contribution in [0.2, 0.25) is 0 Å². The molecule has 0 unspecified atom stereocenters. The standard InChI is InChI=1S/C24H25F3N6O2.ClH/c1-23(5-6-23)22-31-20(32-35-22)21(34)30-13-16-3-2-15(12-18(16)24(25,26)27)17-4-7-29-14-19(17)33-10-8-28-9-11-33;/h2-4,7,12,14,28H,5-6,8-11,13H2,1H3,(H,30,34);1H. The van der Waals surface area contributed by atoms with Gasteiger partial charge >= 0.3 is 6.18 Å². The van der Waals surface area contributed by atoms with E-state index in [1.165, 1.54) is 6.07 Å². The van der Waals surface area contributed by atoms with Gasteiger partial charge in [-0.05, 0) is 36.1 Å². The molecule has 1 saturated heterocycles. The van der Waals surface area contributed by atoms with Gasteiger partial charge in [0.05, 0.1) is 17.4 Å². The second-order valence-corrected chi connectivity index (χ2v) is 9.17. The van der Waals surface area contributed by atoms with Gasteiger partial charge in [-0.15, -0.1) is 12.4 Å². The fourth-order valence-corrected chi connectivity index (χ4v) is 4.17. The predicted octanol–water partition coefficient (Wildman–Crippen LogP) is 3.96. The van der Waals surface area contributed by atoms with E-state index in [2.05, 4.69) is 30.7 Å². The fourth-order valence-electron chi connectivity index (χ4n) is 4.17. The zero-order valence-electron chi connectivity index (χ0n) is 19.6. The Morgan fingerprint density at radius 1 is 1.22 bits per heavy atom. The maximum absolute atomic E-state index is 14.0. The van der Waals surface area contributed by atoms with Crippen LogP contribution in [0, 0.1) is 0 Å². The smallest absolute Gasteiger partial charge is 0.367 e. The summed E-state index contributed by atoms with van der Waals surface area (Å²) in [6, 6.07) is 5.89. The molecular formula is C24H26ClF3N6O2. The van der Waals surface area contributed by atoms with Crippen molar-refractivity contribution < 1.29 is 22.5 Å². The molecule has 2 fully saturated rings. The van der Waals surface area contributed by atoms with Crippen LogP contribution >= 0.6 is 12.4 Å². The van der Waals surface area contributed by atoms with E-state index >= 15 is 0 Å². The first-order chi connectivity index (χ1) is 16.7. The van der Waals surface area contributed by atoms with Gasteiger partial charge in [0.25, 0.3) is 11.7 Å². The summed E-state index contributed by atoms with van der Waals surface area (Å²) in [6.45, 7) is 4.70. The van der Waals surface area contributed by atoms with E-state index in [-0.39, 0.29) is 35.8 Å². The van der Waals surface area contributed by atoms with Crippen molar-refractivity contribution in [2.45, 2.75) is 37.9 Å². The maximum atomic E-state index is 14.0. The van der Waals surface area contributed by atoms with Crippen LogP contribution in [0.25, 0.3) is 11.1 Å². The number of benzene rings is 1. The van der Waals surface area contributed by atoms with Crippen molar-refractivity contribution in [3.05, 3.63) is 59.5 Å². The molecule has 1 amide bonds. The van der Waals surface area contributed by atoms with Crippen LogP contribution in [0.3, 0.4) is 0 Å². The molecule has 0 spiro atoms. The number of rotatable bonds is 6. The van der Waals surface area contributed by atoms with Crippen LogP contribution in [0.5, 0.6) is 0 Å². The Morgan fingerprint density at radius 3 is 2.67 bits per heavy atom. The summed E-state index contributed by atoms with van der Waals surface area (Å²) in [5.41, 5.74) is 0.837. The van der Waals surface area contributed by atoms with Crippen molar-refractivity contribution in [3.8, 4) is 11.1 Å². The highest BCUT2D eigenvalue weighted by molar-refractivity contribution is 5.90. The lowest BCUT2D eigenvalue weighted by Gasteiger charge is -2.31. The molecule has 192 valence electrons. The third-order valence-corrected chi connectivity index (χ3v) is 6.57. The lowest BCUT2D eigenvalue weighted by molar-refractivity contribution is -0.138. The molecular weight excluding hydrogens is 497 g/mol. The number of hydrogen-bond donors (Lipinski definition) is 2. The van der Waals surface area contributed by atoms with Gasteiger partial charge in [-0.1, -0.05) is 24.2 Å². The summed E-state index contributed by atoms with van der Waals surface area (Å²) in [5.74, 6) is -0.493.